The normalized spacial score (nSPS) is 23.4. The van der Waals surface area contributed by atoms with E-state index < -0.39 is 0 Å². The maximum Gasteiger partial charge on any atom is 0.156 e. The van der Waals surface area contributed by atoms with Crippen molar-refractivity contribution in [3.63, 3.8) is 0 Å². The molecule has 0 bridgehead atoms. The first kappa shape index (κ1) is 14.3. The Labute approximate surface area is 116 Å². The monoisotopic (exact) mass is 262 g/mol. The van der Waals surface area contributed by atoms with E-state index in [9.17, 15) is 0 Å². The summed E-state index contributed by atoms with van der Waals surface area (Å²) in [5.74, 6) is 1.78. The molecule has 0 amide bonds. The number of aromatic nitrogens is 2. The maximum atomic E-state index is 5.92. The molecule has 106 valence electrons. The molecule has 4 heteroatoms. The average molecular weight is 262 g/mol. The second-order valence-electron chi connectivity index (χ2n) is 5.95. The highest BCUT2D eigenvalue weighted by Crippen LogP contribution is 2.30. The molecule has 19 heavy (non-hydrogen) atoms. The topological polar surface area (TPSA) is 55.0 Å². The van der Waals surface area contributed by atoms with Crippen molar-refractivity contribution in [2.24, 2.45) is 11.7 Å². The molecule has 1 saturated carbocycles. The summed E-state index contributed by atoms with van der Waals surface area (Å²) in [6.07, 6.45) is 5.16. The highest BCUT2D eigenvalue weighted by Gasteiger charge is 2.25. The molecule has 2 rings (SSSR count). The third kappa shape index (κ3) is 2.89. The fourth-order valence-electron chi connectivity index (χ4n) is 3.10. The highest BCUT2D eigenvalue weighted by molar-refractivity contribution is 5.50. The van der Waals surface area contributed by atoms with E-state index in [1.807, 2.05) is 6.92 Å². The quantitative estimate of drug-likeness (QED) is 0.909. The molecule has 0 aromatic carbocycles. The van der Waals surface area contributed by atoms with E-state index in [4.69, 9.17) is 5.73 Å². The van der Waals surface area contributed by atoms with Crippen LogP contribution in [0.25, 0.3) is 0 Å². The van der Waals surface area contributed by atoms with E-state index >= 15 is 0 Å². The molecular formula is C15H26N4. The molecule has 1 aromatic heterocycles. The Bertz CT molecular complexity index is 444. The molecule has 1 aliphatic carbocycles. The summed E-state index contributed by atoms with van der Waals surface area (Å²) < 4.78 is 0. The van der Waals surface area contributed by atoms with Gasteiger partial charge in [0.1, 0.15) is 0 Å². The summed E-state index contributed by atoms with van der Waals surface area (Å²) in [5, 5.41) is 8.68. The second kappa shape index (κ2) is 5.87. The first-order chi connectivity index (χ1) is 9.04. The standard InChI is InChI=1S/C15H26N4/c1-10-6-5-7-13(8-10)19(4)15-14(9-16)11(2)12(3)17-18-15/h10,13H,5-9,16H2,1-4H3. The molecule has 2 N–H and O–H groups in total. The fourth-order valence-corrected chi connectivity index (χ4v) is 3.10. The second-order valence-corrected chi connectivity index (χ2v) is 5.95. The predicted octanol–water partition coefficient (Wildman–Crippen LogP) is 2.57. The molecule has 2 atom stereocenters. The van der Waals surface area contributed by atoms with E-state index in [-0.39, 0.29) is 0 Å². The molecule has 1 aromatic rings. The fraction of sp³-hybridized carbons (Fsp3) is 0.733. The van der Waals surface area contributed by atoms with Crippen molar-refractivity contribution in [3.8, 4) is 0 Å². The molecule has 1 aliphatic rings. The van der Waals surface area contributed by atoms with Crippen molar-refractivity contribution in [1.29, 1.82) is 0 Å². The summed E-state index contributed by atoms with van der Waals surface area (Å²) in [4.78, 5) is 2.30. The van der Waals surface area contributed by atoms with Gasteiger partial charge in [0.05, 0.1) is 5.69 Å². The lowest BCUT2D eigenvalue weighted by molar-refractivity contribution is 0.335. The van der Waals surface area contributed by atoms with Crippen LogP contribution in [-0.2, 0) is 6.54 Å². The SMILES string of the molecule is Cc1nnc(N(C)C2CCCC(C)C2)c(CN)c1C. The van der Waals surface area contributed by atoms with Crippen LogP contribution in [0.4, 0.5) is 5.82 Å². The Hall–Kier alpha value is -1.16. The van der Waals surface area contributed by atoms with Crippen molar-refractivity contribution >= 4 is 5.82 Å². The minimum atomic E-state index is 0.532. The number of hydrogen-bond donors (Lipinski definition) is 1. The van der Waals surface area contributed by atoms with Crippen LogP contribution in [0.5, 0.6) is 0 Å². The number of anilines is 1. The van der Waals surface area contributed by atoms with Gasteiger partial charge in [-0.1, -0.05) is 19.8 Å². The van der Waals surface area contributed by atoms with Gasteiger partial charge >= 0.3 is 0 Å². The van der Waals surface area contributed by atoms with Gasteiger partial charge < -0.3 is 10.6 Å². The number of nitrogens with zero attached hydrogens (tertiary/aromatic N) is 3. The largest absolute Gasteiger partial charge is 0.355 e. The molecule has 0 aliphatic heterocycles. The van der Waals surface area contributed by atoms with Crippen LogP contribution in [0.15, 0.2) is 0 Å². The number of nitrogens with two attached hydrogens (primary N) is 1. The molecule has 2 unspecified atom stereocenters. The van der Waals surface area contributed by atoms with Gasteiger partial charge in [-0.25, -0.2) is 0 Å². The molecule has 1 fully saturated rings. The minimum Gasteiger partial charge on any atom is -0.355 e. The van der Waals surface area contributed by atoms with Gasteiger partial charge in [0.15, 0.2) is 5.82 Å². The molecule has 0 spiro atoms. The minimum absolute atomic E-state index is 0.532. The lowest BCUT2D eigenvalue weighted by Gasteiger charge is -2.35. The van der Waals surface area contributed by atoms with Gasteiger partial charge in [0.2, 0.25) is 0 Å². The number of rotatable bonds is 3. The Kier molecular flexibility index (Phi) is 4.40. The maximum absolute atomic E-state index is 5.92. The first-order valence-corrected chi connectivity index (χ1v) is 7.30. The zero-order valence-electron chi connectivity index (χ0n) is 12.6. The Morgan fingerprint density at radius 3 is 2.63 bits per heavy atom. The zero-order chi connectivity index (χ0) is 14.0. The number of aryl methyl sites for hydroxylation is 1. The summed E-state index contributed by atoms with van der Waals surface area (Å²) in [6, 6.07) is 0.574. The smallest absolute Gasteiger partial charge is 0.156 e. The van der Waals surface area contributed by atoms with Gasteiger partial charge in [-0.2, -0.15) is 5.10 Å². The Morgan fingerprint density at radius 2 is 2.00 bits per heavy atom. The Morgan fingerprint density at radius 1 is 1.26 bits per heavy atom. The average Bonchev–Trinajstić information content (AvgIpc) is 2.41. The van der Waals surface area contributed by atoms with Crippen LogP contribution >= 0.6 is 0 Å². The lowest BCUT2D eigenvalue weighted by atomic mass is 9.86. The molecular weight excluding hydrogens is 236 g/mol. The zero-order valence-corrected chi connectivity index (χ0v) is 12.6. The van der Waals surface area contributed by atoms with E-state index in [0.717, 1.165) is 23.0 Å². The van der Waals surface area contributed by atoms with Crippen molar-refractivity contribution in [2.45, 2.75) is 59.0 Å². The van der Waals surface area contributed by atoms with Crippen LogP contribution in [0.3, 0.4) is 0 Å². The predicted molar refractivity (Wildman–Crippen MR) is 79.2 cm³/mol. The van der Waals surface area contributed by atoms with E-state index in [1.165, 1.54) is 31.2 Å². The van der Waals surface area contributed by atoms with Crippen molar-refractivity contribution in [1.82, 2.24) is 10.2 Å². The van der Waals surface area contributed by atoms with E-state index in [2.05, 4.69) is 36.0 Å². The molecule has 0 radical (unpaired) electrons. The molecule has 4 nitrogen and oxygen atoms in total. The summed E-state index contributed by atoms with van der Waals surface area (Å²) in [6.45, 7) is 6.96. The van der Waals surface area contributed by atoms with Gasteiger partial charge in [-0.15, -0.1) is 5.10 Å². The van der Waals surface area contributed by atoms with E-state index in [1.54, 1.807) is 0 Å². The summed E-state index contributed by atoms with van der Waals surface area (Å²) in [7, 11) is 2.14. The van der Waals surface area contributed by atoms with Crippen molar-refractivity contribution < 1.29 is 0 Å². The molecule has 0 saturated heterocycles. The highest BCUT2D eigenvalue weighted by atomic mass is 15.3. The van der Waals surface area contributed by atoms with Gasteiger partial charge in [0.25, 0.3) is 0 Å². The first-order valence-electron chi connectivity index (χ1n) is 7.30. The number of hydrogen-bond acceptors (Lipinski definition) is 4. The summed E-state index contributed by atoms with van der Waals surface area (Å²) >= 11 is 0. The van der Waals surface area contributed by atoms with E-state index in [0.29, 0.717) is 12.6 Å². The summed E-state index contributed by atoms with van der Waals surface area (Å²) in [5.41, 5.74) is 9.23. The van der Waals surface area contributed by atoms with Gasteiger partial charge in [0, 0.05) is 25.2 Å². The van der Waals surface area contributed by atoms with Crippen LogP contribution in [0, 0.1) is 19.8 Å². The van der Waals surface area contributed by atoms with Crippen LogP contribution in [0.1, 0.15) is 49.4 Å². The van der Waals surface area contributed by atoms with Crippen LogP contribution in [0.2, 0.25) is 0 Å². The van der Waals surface area contributed by atoms with Crippen LogP contribution < -0.4 is 10.6 Å². The van der Waals surface area contributed by atoms with Crippen molar-refractivity contribution in [3.05, 3.63) is 16.8 Å². The third-order valence-electron chi connectivity index (χ3n) is 4.55. The third-order valence-corrected chi connectivity index (χ3v) is 4.55. The van der Waals surface area contributed by atoms with Gasteiger partial charge in [-0.3, -0.25) is 0 Å². The lowest BCUT2D eigenvalue weighted by Crippen LogP contribution is -2.37. The van der Waals surface area contributed by atoms with Crippen LogP contribution in [-0.4, -0.2) is 23.3 Å². The van der Waals surface area contributed by atoms with Gasteiger partial charge in [-0.05, 0) is 38.2 Å². The van der Waals surface area contributed by atoms with Crippen molar-refractivity contribution in [2.75, 3.05) is 11.9 Å². The Balaban J connectivity index is 2.28. The molecule has 1 heterocycles.